The first kappa shape index (κ1) is 11.8. The predicted molar refractivity (Wildman–Crippen MR) is 58.1 cm³/mol. The van der Waals surface area contributed by atoms with Gasteiger partial charge in [0.1, 0.15) is 11.5 Å². The summed E-state index contributed by atoms with van der Waals surface area (Å²) < 4.78 is 5.18. The molecule has 1 aromatic rings. The molecule has 0 aliphatic carbocycles. The molecule has 0 heterocycles. The Balaban J connectivity index is 3.38. The first-order valence-electron chi connectivity index (χ1n) is 4.76. The number of hydrogen-bond acceptors (Lipinski definition) is 4. The van der Waals surface area contributed by atoms with Gasteiger partial charge in [0.15, 0.2) is 0 Å². The first-order valence-corrected chi connectivity index (χ1v) is 4.76. The normalized spacial score (nSPS) is 12.6. The van der Waals surface area contributed by atoms with Crippen LogP contribution in [0, 0.1) is 13.8 Å². The summed E-state index contributed by atoms with van der Waals surface area (Å²) >= 11 is 0. The fourth-order valence-corrected chi connectivity index (χ4v) is 1.63. The molecule has 1 aromatic carbocycles. The number of aliphatic hydroxyl groups is 1. The van der Waals surface area contributed by atoms with Crippen LogP contribution in [0.25, 0.3) is 0 Å². The zero-order chi connectivity index (χ0) is 11.6. The molecule has 4 N–H and O–H groups in total. The molecule has 1 rings (SSSR count). The van der Waals surface area contributed by atoms with Gasteiger partial charge in [0, 0.05) is 11.1 Å². The zero-order valence-corrected chi connectivity index (χ0v) is 9.24. The zero-order valence-electron chi connectivity index (χ0n) is 9.24. The largest absolute Gasteiger partial charge is 0.507 e. The molecule has 4 nitrogen and oxygen atoms in total. The summed E-state index contributed by atoms with van der Waals surface area (Å²) in [7, 11) is 1.52. The summed E-state index contributed by atoms with van der Waals surface area (Å²) in [5.74, 6) is 0.750. The number of rotatable bonds is 3. The van der Waals surface area contributed by atoms with Gasteiger partial charge >= 0.3 is 0 Å². The Morgan fingerprint density at radius 2 is 2.07 bits per heavy atom. The number of aromatic hydroxyl groups is 1. The number of methoxy groups -OCH3 is 1. The maximum atomic E-state index is 9.71. The molecule has 0 amide bonds. The van der Waals surface area contributed by atoms with Gasteiger partial charge in [-0.2, -0.15) is 0 Å². The highest BCUT2D eigenvalue weighted by Crippen LogP contribution is 2.36. The number of hydrogen-bond donors (Lipinski definition) is 3. The molecular weight excluding hydrogens is 194 g/mol. The Bertz CT molecular complexity index is 363. The van der Waals surface area contributed by atoms with Crippen molar-refractivity contribution in [3.63, 3.8) is 0 Å². The molecule has 84 valence electrons. The molecule has 0 bridgehead atoms. The van der Waals surface area contributed by atoms with Crippen LogP contribution in [-0.4, -0.2) is 23.9 Å². The van der Waals surface area contributed by atoms with Crippen LogP contribution in [0.1, 0.15) is 22.7 Å². The molecule has 0 aliphatic heterocycles. The summed E-state index contributed by atoms with van der Waals surface area (Å²) in [5, 5.41) is 18.7. The van der Waals surface area contributed by atoms with E-state index in [1.165, 1.54) is 7.11 Å². The maximum absolute atomic E-state index is 9.71. The number of ether oxygens (including phenoxy) is 1. The van der Waals surface area contributed by atoms with Crippen molar-refractivity contribution in [3.05, 3.63) is 22.8 Å². The van der Waals surface area contributed by atoms with Crippen LogP contribution in [0.5, 0.6) is 11.5 Å². The summed E-state index contributed by atoms with van der Waals surface area (Å²) in [4.78, 5) is 0. The minimum atomic E-state index is -0.488. The molecule has 0 fully saturated rings. The lowest BCUT2D eigenvalue weighted by atomic mass is 9.99. The second kappa shape index (κ2) is 4.51. The molecule has 1 unspecified atom stereocenters. The highest BCUT2D eigenvalue weighted by molar-refractivity contribution is 5.53. The average Bonchev–Trinajstić information content (AvgIpc) is 2.24. The molecule has 0 aromatic heterocycles. The Morgan fingerprint density at radius 1 is 1.47 bits per heavy atom. The van der Waals surface area contributed by atoms with Gasteiger partial charge in [-0.3, -0.25) is 0 Å². The SMILES string of the molecule is COc1c(C(N)CO)cc(C)c(O)c1C. The van der Waals surface area contributed by atoms with Crippen molar-refractivity contribution in [3.8, 4) is 11.5 Å². The van der Waals surface area contributed by atoms with Crippen molar-refractivity contribution >= 4 is 0 Å². The second-order valence-electron chi connectivity index (χ2n) is 3.58. The third kappa shape index (κ3) is 2.06. The Labute approximate surface area is 89.3 Å². The monoisotopic (exact) mass is 211 g/mol. The van der Waals surface area contributed by atoms with E-state index in [0.717, 1.165) is 5.56 Å². The van der Waals surface area contributed by atoms with Crippen LogP contribution >= 0.6 is 0 Å². The molecule has 15 heavy (non-hydrogen) atoms. The van der Waals surface area contributed by atoms with Crippen LogP contribution in [0.2, 0.25) is 0 Å². The summed E-state index contributed by atoms with van der Waals surface area (Å²) in [6, 6.07) is 1.25. The molecule has 0 spiro atoms. The molecule has 0 aliphatic rings. The maximum Gasteiger partial charge on any atom is 0.130 e. The summed E-state index contributed by atoms with van der Waals surface area (Å²) in [5.41, 5.74) is 7.84. The van der Waals surface area contributed by atoms with Crippen LogP contribution in [0.15, 0.2) is 6.07 Å². The third-order valence-electron chi connectivity index (χ3n) is 2.50. The van der Waals surface area contributed by atoms with Crippen molar-refractivity contribution in [1.82, 2.24) is 0 Å². The molecule has 1 atom stereocenters. The molecule has 0 saturated carbocycles. The first-order chi connectivity index (χ1) is 7.02. The lowest BCUT2D eigenvalue weighted by Crippen LogP contribution is -2.16. The van der Waals surface area contributed by atoms with Crippen LogP contribution in [-0.2, 0) is 0 Å². The van der Waals surface area contributed by atoms with Crippen LogP contribution in [0.3, 0.4) is 0 Å². The van der Waals surface area contributed by atoms with Crippen molar-refractivity contribution in [2.75, 3.05) is 13.7 Å². The van der Waals surface area contributed by atoms with Crippen molar-refractivity contribution in [1.29, 1.82) is 0 Å². The lowest BCUT2D eigenvalue weighted by Gasteiger charge is -2.18. The fraction of sp³-hybridized carbons (Fsp3) is 0.455. The fourth-order valence-electron chi connectivity index (χ4n) is 1.63. The highest BCUT2D eigenvalue weighted by Gasteiger charge is 2.17. The van der Waals surface area contributed by atoms with Crippen molar-refractivity contribution in [2.45, 2.75) is 19.9 Å². The second-order valence-corrected chi connectivity index (χ2v) is 3.58. The smallest absolute Gasteiger partial charge is 0.130 e. The van der Waals surface area contributed by atoms with Gasteiger partial charge in [-0.1, -0.05) is 0 Å². The predicted octanol–water partition coefficient (Wildman–Crippen LogP) is 1.01. The molecular formula is C11H17NO3. The van der Waals surface area contributed by atoms with Crippen molar-refractivity contribution < 1.29 is 14.9 Å². The highest BCUT2D eigenvalue weighted by atomic mass is 16.5. The Hall–Kier alpha value is -1.26. The van der Waals surface area contributed by atoms with E-state index in [-0.39, 0.29) is 12.4 Å². The third-order valence-corrected chi connectivity index (χ3v) is 2.50. The Kier molecular flexibility index (Phi) is 3.55. The molecule has 0 radical (unpaired) electrons. The van der Waals surface area contributed by atoms with Crippen LogP contribution < -0.4 is 10.5 Å². The molecule has 0 saturated heterocycles. The number of aliphatic hydroxyl groups excluding tert-OH is 1. The number of benzene rings is 1. The van der Waals surface area contributed by atoms with Gasteiger partial charge in [0.25, 0.3) is 0 Å². The van der Waals surface area contributed by atoms with Crippen molar-refractivity contribution in [2.24, 2.45) is 5.73 Å². The van der Waals surface area contributed by atoms with Gasteiger partial charge in [-0.15, -0.1) is 0 Å². The molecule has 4 heteroatoms. The van der Waals surface area contributed by atoms with E-state index in [0.29, 0.717) is 16.9 Å². The van der Waals surface area contributed by atoms with Gasteiger partial charge < -0.3 is 20.7 Å². The summed E-state index contributed by atoms with van der Waals surface area (Å²) in [6.07, 6.45) is 0. The number of nitrogens with two attached hydrogens (primary N) is 1. The van der Waals surface area contributed by atoms with Gasteiger partial charge in [-0.05, 0) is 25.5 Å². The van der Waals surface area contributed by atoms with E-state index in [4.69, 9.17) is 15.6 Å². The minimum absolute atomic E-state index is 0.153. The topological polar surface area (TPSA) is 75.7 Å². The van der Waals surface area contributed by atoms with E-state index in [1.807, 2.05) is 0 Å². The van der Waals surface area contributed by atoms with E-state index in [9.17, 15) is 5.11 Å². The standard InChI is InChI=1S/C11H17NO3/c1-6-4-8(9(12)5-13)11(15-3)7(2)10(6)14/h4,9,13-14H,5,12H2,1-3H3. The minimum Gasteiger partial charge on any atom is -0.507 e. The van der Waals surface area contributed by atoms with Gasteiger partial charge in [-0.25, -0.2) is 0 Å². The van der Waals surface area contributed by atoms with E-state index >= 15 is 0 Å². The van der Waals surface area contributed by atoms with E-state index < -0.39 is 6.04 Å². The quantitative estimate of drug-likeness (QED) is 0.697. The van der Waals surface area contributed by atoms with Crippen LogP contribution in [0.4, 0.5) is 0 Å². The number of phenolic OH excluding ortho intramolecular Hbond substituents is 1. The number of aryl methyl sites for hydroxylation is 1. The average molecular weight is 211 g/mol. The van der Waals surface area contributed by atoms with E-state index in [2.05, 4.69) is 0 Å². The lowest BCUT2D eigenvalue weighted by molar-refractivity contribution is 0.264. The van der Waals surface area contributed by atoms with E-state index in [1.54, 1.807) is 19.9 Å². The van der Waals surface area contributed by atoms with Gasteiger partial charge in [0.05, 0.1) is 19.8 Å². The summed E-state index contributed by atoms with van der Waals surface area (Å²) in [6.45, 7) is 3.39. The number of phenols is 1. The van der Waals surface area contributed by atoms with Gasteiger partial charge in [0.2, 0.25) is 0 Å². The Morgan fingerprint density at radius 3 is 2.53 bits per heavy atom.